The number of benzene rings is 1. The van der Waals surface area contributed by atoms with E-state index in [-0.39, 0.29) is 11.6 Å². The summed E-state index contributed by atoms with van der Waals surface area (Å²) in [5, 5.41) is 2.97. The molecule has 0 atom stereocenters. The molecule has 0 aromatic heterocycles. The lowest BCUT2D eigenvalue weighted by atomic mass is 10.1. The lowest BCUT2D eigenvalue weighted by molar-refractivity contribution is 0.149. The van der Waals surface area contributed by atoms with Crippen LogP contribution in [0.1, 0.15) is 38.8 Å². The maximum atomic E-state index is 12.1. The highest BCUT2D eigenvalue weighted by atomic mass is 16.2. The molecule has 1 rings (SSSR count). The average Bonchev–Trinajstić information content (AvgIpc) is 2.25. The van der Waals surface area contributed by atoms with Crippen LogP contribution in [0.5, 0.6) is 0 Å². The van der Waals surface area contributed by atoms with Crippen LogP contribution < -0.4 is 5.32 Å². The fraction of sp³-hybridized carbons (Fsp3) is 0.533. The van der Waals surface area contributed by atoms with Crippen molar-refractivity contribution < 1.29 is 4.79 Å². The molecule has 0 spiro atoms. The minimum Gasteiger partial charge on any atom is -0.334 e. The SMILES string of the molecule is CCN(C(=O)NCc1cccc(C)c1)C(C)(C)C. The monoisotopic (exact) mass is 248 g/mol. The van der Waals surface area contributed by atoms with E-state index in [0.717, 1.165) is 5.56 Å². The maximum absolute atomic E-state index is 12.1. The molecule has 0 saturated heterocycles. The van der Waals surface area contributed by atoms with Crippen molar-refractivity contribution in [3.63, 3.8) is 0 Å². The van der Waals surface area contributed by atoms with E-state index in [9.17, 15) is 4.79 Å². The van der Waals surface area contributed by atoms with E-state index in [1.54, 1.807) is 0 Å². The quantitative estimate of drug-likeness (QED) is 0.874. The molecule has 0 aliphatic rings. The van der Waals surface area contributed by atoms with Gasteiger partial charge >= 0.3 is 6.03 Å². The van der Waals surface area contributed by atoms with Crippen LogP contribution in [0, 0.1) is 6.92 Å². The normalized spacial score (nSPS) is 11.2. The van der Waals surface area contributed by atoms with Gasteiger partial charge in [-0.2, -0.15) is 0 Å². The van der Waals surface area contributed by atoms with E-state index in [1.807, 2.05) is 44.7 Å². The van der Waals surface area contributed by atoms with Gasteiger partial charge in [0.15, 0.2) is 0 Å². The smallest absolute Gasteiger partial charge is 0.318 e. The van der Waals surface area contributed by atoms with Gasteiger partial charge in [0.05, 0.1) is 0 Å². The third-order valence-electron chi connectivity index (χ3n) is 2.90. The van der Waals surface area contributed by atoms with Crippen LogP contribution >= 0.6 is 0 Å². The molecule has 3 nitrogen and oxygen atoms in total. The summed E-state index contributed by atoms with van der Waals surface area (Å²) < 4.78 is 0. The Morgan fingerprint density at radius 1 is 1.33 bits per heavy atom. The molecule has 2 amide bonds. The van der Waals surface area contributed by atoms with E-state index in [4.69, 9.17) is 0 Å². The molecule has 0 bridgehead atoms. The third kappa shape index (κ3) is 4.06. The molecular formula is C15H24N2O. The second kappa shape index (κ2) is 5.89. The van der Waals surface area contributed by atoms with Crippen LogP contribution in [0.2, 0.25) is 0 Å². The van der Waals surface area contributed by atoms with Gasteiger partial charge in [-0.15, -0.1) is 0 Å². The molecule has 18 heavy (non-hydrogen) atoms. The molecule has 0 aliphatic carbocycles. The Bertz CT molecular complexity index is 407. The Morgan fingerprint density at radius 2 is 2.00 bits per heavy atom. The topological polar surface area (TPSA) is 32.3 Å². The van der Waals surface area contributed by atoms with Gasteiger partial charge in [-0.1, -0.05) is 29.8 Å². The molecule has 0 radical (unpaired) electrons. The highest BCUT2D eigenvalue weighted by Gasteiger charge is 2.24. The summed E-state index contributed by atoms with van der Waals surface area (Å²) in [5.41, 5.74) is 2.20. The zero-order valence-electron chi connectivity index (χ0n) is 12.1. The first kappa shape index (κ1) is 14.6. The minimum atomic E-state index is -0.147. The highest BCUT2D eigenvalue weighted by molar-refractivity contribution is 5.74. The summed E-state index contributed by atoms with van der Waals surface area (Å²) in [6, 6.07) is 8.18. The van der Waals surface area contributed by atoms with Crippen molar-refractivity contribution in [3.8, 4) is 0 Å². The van der Waals surface area contributed by atoms with E-state index < -0.39 is 0 Å². The standard InChI is InChI=1S/C15H24N2O/c1-6-17(15(3,4)5)14(18)16-11-13-9-7-8-12(2)10-13/h7-10H,6,11H2,1-5H3,(H,16,18). The van der Waals surface area contributed by atoms with Crippen LogP contribution in [-0.2, 0) is 6.54 Å². The first-order valence-electron chi connectivity index (χ1n) is 6.45. The minimum absolute atomic E-state index is 0.00786. The molecule has 0 saturated carbocycles. The summed E-state index contributed by atoms with van der Waals surface area (Å²) in [4.78, 5) is 13.9. The molecule has 100 valence electrons. The molecule has 1 aromatic rings. The second-order valence-electron chi connectivity index (χ2n) is 5.56. The van der Waals surface area contributed by atoms with Crippen molar-refractivity contribution in [2.75, 3.05) is 6.54 Å². The second-order valence-corrected chi connectivity index (χ2v) is 5.56. The molecule has 0 fully saturated rings. The van der Waals surface area contributed by atoms with E-state index in [1.165, 1.54) is 5.56 Å². The fourth-order valence-electron chi connectivity index (χ4n) is 2.02. The molecule has 0 aliphatic heterocycles. The summed E-state index contributed by atoms with van der Waals surface area (Å²) >= 11 is 0. The van der Waals surface area contributed by atoms with Gasteiger partial charge < -0.3 is 10.2 Å². The van der Waals surface area contributed by atoms with Gasteiger partial charge in [-0.3, -0.25) is 0 Å². The number of nitrogens with zero attached hydrogens (tertiary/aromatic N) is 1. The van der Waals surface area contributed by atoms with Crippen molar-refractivity contribution >= 4 is 6.03 Å². The predicted molar refractivity (Wildman–Crippen MR) is 75.5 cm³/mol. The zero-order valence-corrected chi connectivity index (χ0v) is 12.1. The van der Waals surface area contributed by atoms with Crippen LogP contribution in [0.25, 0.3) is 0 Å². The zero-order chi connectivity index (χ0) is 13.8. The maximum Gasteiger partial charge on any atom is 0.318 e. The lowest BCUT2D eigenvalue weighted by Crippen LogP contribution is -2.50. The van der Waals surface area contributed by atoms with Gasteiger partial charge in [-0.05, 0) is 40.2 Å². The number of hydrogen-bond acceptors (Lipinski definition) is 1. The van der Waals surface area contributed by atoms with Gasteiger partial charge in [0.1, 0.15) is 0 Å². The van der Waals surface area contributed by atoms with Gasteiger partial charge in [-0.25, -0.2) is 4.79 Å². The van der Waals surface area contributed by atoms with Gasteiger partial charge in [0, 0.05) is 18.6 Å². The summed E-state index contributed by atoms with van der Waals surface area (Å²) in [7, 11) is 0. The van der Waals surface area contributed by atoms with Gasteiger partial charge in [0.25, 0.3) is 0 Å². The van der Waals surface area contributed by atoms with E-state index in [0.29, 0.717) is 13.1 Å². The number of rotatable bonds is 3. The summed E-state index contributed by atoms with van der Waals surface area (Å²) in [6.07, 6.45) is 0. The Balaban J connectivity index is 2.60. The summed E-state index contributed by atoms with van der Waals surface area (Å²) in [5.74, 6) is 0. The summed E-state index contributed by atoms with van der Waals surface area (Å²) in [6.45, 7) is 11.5. The van der Waals surface area contributed by atoms with Crippen LogP contribution in [-0.4, -0.2) is 23.0 Å². The van der Waals surface area contributed by atoms with Crippen molar-refractivity contribution in [1.29, 1.82) is 0 Å². The van der Waals surface area contributed by atoms with E-state index in [2.05, 4.69) is 24.4 Å². The molecule has 0 heterocycles. The Hall–Kier alpha value is -1.51. The lowest BCUT2D eigenvalue weighted by Gasteiger charge is -2.34. The number of carbonyl (C=O) groups excluding carboxylic acids is 1. The number of carbonyl (C=O) groups is 1. The molecule has 1 aromatic carbocycles. The number of hydrogen-bond donors (Lipinski definition) is 1. The number of nitrogens with one attached hydrogen (secondary N) is 1. The largest absolute Gasteiger partial charge is 0.334 e. The number of urea groups is 1. The Morgan fingerprint density at radius 3 is 2.50 bits per heavy atom. The Labute approximate surface area is 110 Å². The van der Waals surface area contributed by atoms with Gasteiger partial charge in [0.2, 0.25) is 0 Å². The van der Waals surface area contributed by atoms with Crippen LogP contribution in [0.15, 0.2) is 24.3 Å². The van der Waals surface area contributed by atoms with E-state index >= 15 is 0 Å². The third-order valence-corrected chi connectivity index (χ3v) is 2.90. The fourth-order valence-corrected chi connectivity index (χ4v) is 2.02. The first-order valence-corrected chi connectivity index (χ1v) is 6.45. The predicted octanol–water partition coefficient (Wildman–Crippen LogP) is 3.33. The number of aryl methyl sites for hydroxylation is 1. The molecular weight excluding hydrogens is 224 g/mol. The highest BCUT2D eigenvalue weighted by Crippen LogP contribution is 2.13. The van der Waals surface area contributed by atoms with Crippen molar-refractivity contribution in [3.05, 3.63) is 35.4 Å². The molecule has 3 heteroatoms. The van der Waals surface area contributed by atoms with Crippen molar-refractivity contribution in [1.82, 2.24) is 10.2 Å². The molecule has 0 unspecified atom stereocenters. The Kier molecular flexibility index (Phi) is 4.76. The average molecular weight is 248 g/mol. The van der Waals surface area contributed by atoms with Crippen molar-refractivity contribution in [2.45, 2.75) is 46.7 Å². The molecule has 1 N–H and O–H groups in total. The number of amides is 2. The van der Waals surface area contributed by atoms with Crippen LogP contribution in [0.3, 0.4) is 0 Å². The van der Waals surface area contributed by atoms with Crippen molar-refractivity contribution in [2.24, 2.45) is 0 Å². The first-order chi connectivity index (χ1) is 8.34. The van der Waals surface area contributed by atoms with Crippen LogP contribution in [0.4, 0.5) is 4.79 Å².